The summed E-state index contributed by atoms with van der Waals surface area (Å²) in [5.74, 6) is -4.41. The standard InChI is InChI=1S/C12H14F2N2S.C2HF3O2/c13-9-3-1-2-8(11(9)14)7-4-5-10(15)12(17)16-6-7;3-2(4,5)1(6)7/h1-3,7,10H,4-6,15H2,(H,16,17);(H,6,7)/t7-,10-;/m1./s1. The number of carbonyl (C=O) groups is 1. The van der Waals surface area contributed by atoms with Gasteiger partial charge >= 0.3 is 12.1 Å². The van der Waals surface area contributed by atoms with E-state index < -0.39 is 23.8 Å². The van der Waals surface area contributed by atoms with E-state index in [2.05, 4.69) is 5.32 Å². The first-order chi connectivity index (χ1) is 11.0. The average molecular weight is 370 g/mol. The van der Waals surface area contributed by atoms with Crippen molar-refractivity contribution in [2.45, 2.75) is 31.0 Å². The Morgan fingerprint density at radius 3 is 2.42 bits per heavy atom. The van der Waals surface area contributed by atoms with Crippen LogP contribution in [0.25, 0.3) is 0 Å². The molecule has 10 heteroatoms. The second-order valence-electron chi connectivity index (χ2n) is 5.07. The highest BCUT2D eigenvalue weighted by molar-refractivity contribution is 7.80. The number of halogens is 5. The first-order valence-corrected chi connectivity index (χ1v) is 7.22. The highest BCUT2D eigenvalue weighted by atomic mass is 32.1. The lowest BCUT2D eigenvalue weighted by Crippen LogP contribution is -2.37. The number of rotatable bonds is 1. The minimum atomic E-state index is -5.08. The van der Waals surface area contributed by atoms with Crippen LogP contribution in [0, 0.1) is 11.6 Å². The molecule has 1 fully saturated rings. The largest absolute Gasteiger partial charge is 0.490 e. The summed E-state index contributed by atoms with van der Waals surface area (Å²) in [6.45, 7) is 0.507. The van der Waals surface area contributed by atoms with Crippen LogP contribution in [0.15, 0.2) is 18.2 Å². The molecule has 1 aromatic rings. The second-order valence-corrected chi connectivity index (χ2v) is 5.51. The number of nitrogens with two attached hydrogens (primary N) is 1. The van der Waals surface area contributed by atoms with Gasteiger partial charge in [-0.15, -0.1) is 0 Å². The average Bonchev–Trinajstić information content (AvgIpc) is 2.65. The quantitative estimate of drug-likeness (QED) is 0.524. The fourth-order valence-corrected chi connectivity index (χ4v) is 2.27. The second kappa shape index (κ2) is 8.34. The highest BCUT2D eigenvalue weighted by Gasteiger charge is 2.38. The van der Waals surface area contributed by atoms with E-state index in [9.17, 15) is 22.0 Å². The van der Waals surface area contributed by atoms with E-state index in [1.54, 1.807) is 6.07 Å². The molecule has 0 unspecified atom stereocenters. The van der Waals surface area contributed by atoms with Crippen LogP contribution in [0.2, 0.25) is 0 Å². The molecule has 24 heavy (non-hydrogen) atoms. The molecule has 134 valence electrons. The summed E-state index contributed by atoms with van der Waals surface area (Å²) in [7, 11) is 0. The molecule has 1 aliphatic rings. The van der Waals surface area contributed by atoms with Gasteiger partial charge in [0.05, 0.1) is 11.0 Å². The maximum Gasteiger partial charge on any atom is 0.490 e. The third-order valence-electron chi connectivity index (χ3n) is 3.35. The summed E-state index contributed by atoms with van der Waals surface area (Å²) >= 11 is 5.07. The Bertz CT molecular complexity index is 609. The number of nitrogens with one attached hydrogen (secondary N) is 1. The minimum absolute atomic E-state index is 0.0859. The van der Waals surface area contributed by atoms with E-state index in [-0.39, 0.29) is 12.0 Å². The molecule has 0 aliphatic carbocycles. The molecule has 0 saturated carbocycles. The summed E-state index contributed by atoms with van der Waals surface area (Å²) in [5, 5.41) is 10.1. The van der Waals surface area contributed by atoms with Gasteiger partial charge in [-0.25, -0.2) is 13.6 Å². The monoisotopic (exact) mass is 370 g/mol. The van der Waals surface area contributed by atoms with Gasteiger partial charge in [0.2, 0.25) is 0 Å². The molecule has 1 aromatic carbocycles. The molecule has 0 spiro atoms. The van der Waals surface area contributed by atoms with Gasteiger partial charge in [0, 0.05) is 12.5 Å². The van der Waals surface area contributed by atoms with E-state index in [0.29, 0.717) is 29.9 Å². The zero-order chi connectivity index (χ0) is 18.5. The summed E-state index contributed by atoms with van der Waals surface area (Å²) in [5.41, 5.74) is 6.21. The maximum atomic E-state index is 13.6. The molecule has 2 atom stereocenters. The molecule has 0 amide bonds. The van der Waals surface area contributed by atoms with Crippen molar-refractivity contribution in [1.82, 2.24) is 5.32 Å². The number of hydrogen-bond donors (Lipinski definition) is 3. The predicted molar refractivity (Wildman–Crippen MR) is 80.6 cm³/mol. The number of alkyl halides is 3. The van der Waals surface area contributed by atoms with Crippen LogP contribution in [-0.4, -0.2) is 34.8 Å². The molecule has 2 rings (SSSR count). The van der Waals surface area contributed by atoms with Gasteiger partial charge < -0.3 is 16.2 Å². The summed E-state index contributed by atoms with van der Waals surface area (Å²) in [6, 6.07) is 4.08. The SMILES string of the molecule is N[C@@H]1CC[C@@H](c2cccc(F)c2F)CNC1=S.O=C(O)C(F)(F)F. The first kappa shape index (κ1) is 20.2. The maximum absolute atomic E-state index is 13.6. The normalized spacial score (nSPS) is 21.2. The molecule has 1 heterocycles. The molecular formula is C14H15F5N2O2S. The summed E-state index contributed by atoms with van der Waals surface area (Å²) < 4.78 is 58.5. The Hall–Kier alpha value is -1.81. The van der Waals surface area contributed by atoms with E-state index >= 15 is 0 Å². The molecule has 1 aliphatic heterocycles. The van der Waals surface area contributed by atoms with Gasteiger partial charge in [-0.05, 0) is 24.5 Å². The van der Waals surface area contributed by atoms with Crippen LogP contribution in [0.3, 0.4) is 0 Å². The van der Waals surface area contributed by atoms with Gasteiger partial charge in [-0.3, -0.25) is 0 Å². The van der Waals surface area contributed by atoms with E-state index in [0.717, 1.165) is 6.07 Å². The molecule has 4 nitrogen and oxygen atoms in total. The third-order valence-corrected chi connectivity index (χ3v) is 3.80. The lowest BCUT2D eigenvalue weighted by molar-refractivity contribution is -0.192. The topological polar surface area (TPSA) is 75.3 Å². The number of aliphatic carboxylic acids is 1. The van der Waals surface area contributed by atoms with Crippen molar-refractivity contribution in [2.75, 3.05) is 6.54 Å². The summed E-state index contributed by atoms with van der Waals surface area (Å²) in [6.07, 6.45) is -3.69. The Morgan fingerprint density at radius 1 is 1.29 bits per heavy atom. The number of benzene rings is 1. The van der Waals surface area contributed by atoms with Crippen molar-refractivity contribution in [3.63, 3.8) is 0 Å². The van der Waals surface area contributed by atoms with Crippen molar-refractivity contribution >= 4 is 23.2 Å². The van der Waals surface area contributed by atoms with Crippen molar-refractivity contribution in [3.05, 3.63) is 35.4 Å². The number of hydrogen-bond acceptors (Lipinski definition) is 3. The zero-order valence-corrected chi connectivity index (χ0v) is 13.1. The fourth-order valence-electron chi connectivity index (χ4n) is 2.07. The van der Waals surface area contributed by atoms with Crippen LogP contribution in [0.5, 0.6) is 0 Å². The van der Waals surface area contributed by atoms with Crippen LogP contribution in [0.4, 0.5) is 22.0 Å². The van der Waals surface area contributed by atoms with Gasteiger partial charge in [-0.1, -0.05) is 24.4 Å². The number of carboxylic acid groups (broad SMARTS) is 1. The molecule has 1 saturated heterocycles. The smallest absolute Gasteiger partial charge is 0.475 e. The van der Waals surface area contributed by atoms with E-state index in [4.69, 9.17) is 27.9 Å². The van der Waals surface area contributed by atoms with Crippen molar-refractivity contribution in [2.24, 2.45) is 5.73 Å². The molecule has 4 N–H and O–H groups in total. The Labute approximate surface area is 139 Å². The predicted octanol–water partition coefficient (Wildman–Crippen LogP) is 2.72. The lowest BCUT2D eigenvalue weighted by Gasteiger charge is -2.15. The molecular weight excluding hydrogens is 355 g/mol. The van der Waals surface area contributed by atoms with Gasteiger partial charge in [-0.2, -0.15) is 13.2 Å². The van der Waals surface area contributed by atoms with Crippen molar-refractivity contribution in [3.8, 4) is 0 Å². The lowest BCUT2D eigenvalue weighted by atomic mass is 9.93. The van der Waals surface area contributed by atoms with E-state index in [1.165, 1.54) is 6.07 Å². The summed E-state index contributed by atoms with van der Waals surface area (Å²) in [4.78, 5) is 9.50. The Morgan fingerprint density at radius 2 is 1.88 bits per heavy atom. The van der Waals surface area contributed by atoms with Crippen LogP contribution >= 0.6 is 12.2 Å². The van der Waals surface area contributed by atoms with Crippen LogP contribution < -0.4 is 11.1 Å². The van der Waals surface area contributed by atoms with Gasteiger partial charge in [0.15, 0.2) is 11.6 Å². The van der Waals surface area contributed by atoms with Crippen LogP contribution in [0.1, 0.15) is 24.3 Å². The zero-order valence-electron chi connectivity index (χ0n) is 12.2. The van der Waals surface area contributed by atoms with Crippen molar-refractivity contribution in [1.29, 1.82) is 0 Å². The van der Waals surface area contributed by atoms with Crippen molar-refractivity contribution < 1.29 is 31.9 Å². The van der Waals surface area contributed by atoms with E-state index in [1.807, 2.05) is 0 Å². The number of carboxylic acids is 1. The van der Waals surface area contributed by atoms with Gasteiger partial charge in [0.25, 0.3) is 0 Å². The number of thiocarbonyl (C=S) groups is 1. The highest BCUT2D eigenvalue weighted by Crippen LogP contribution is 2.26. The van der Waals surface area contributed by atoms with Crippen LogP contribution in [-0.2, 0) is 4.79 Å². The Kier molecular flexibility index (Phi) is 7.03. The molecule has 0 aromatic heterocycles. The fraction of sp³-hybridized carbons (Fsp3) is 0.429. The first-order valence-electron chi connectivity index (χ1n) is 6.81. The van der Waals surface area contributed by atoms with Gasteiger partial charge in [0.1, 0.15) is 0 Å². The minimum Gasteiger partial charge on any atom is -0.475 e. The molecule has 0 radical (unpaired) electrons. The Balaban J connectivity index is 0.000000351. The molecule has 0 bridgehead atoms. The third kappa shape index (κ3) is 5.68.